The molecule has 4 nitrogen and oxygen atoms in total. The Morgan fingerprint density at radius 3 is 2.62 bits per heavy atom. The van der Waals surface area contributed by atoms with Gasteiger partial charge in [-0.2, -0.15) is 5.10 Å². The van der Waals surface area contributed by atoms with Crippen molar-refractivity contribution < 1.29 is 5.11 Å². The normalized spacial score (nSPS) is 19.8. The lowest BCUT2D eigenvalue weighted by molar-refractivity contribution is -0.0879. The average molecular weight is 244 g/mol. The fourth-order valence-electron chi connectivity index (χ4n) is 2.26. The Hall–Kier alpha value is -0.580. The first-order valence-electron chi connectivity index (χ1n) is 5.59. The molecule has 5 heteroatoms. The van der Waals surface area contributed by atoms with Crippen LogP contribution in [0.4, 0.5) is 0 Å². The van der Waals surface area contributed by atoms with Gasteiger partial charge >= 0.3 is 0 Å². The highest BCUT2D eigenvalue weighted by atomic mass is 35.5. The van der Waals surface area contributed by atoms with Gasteiger partial charge in [0.1, 0.15) is 0 Å². The van der Waals surface area contributed by atoms with Crippen LogP contribution in [-0.2, 0) is 13.1 Å². The maximum absolute atomic E-state index is 9.67. The Labute approximate surface area is 101 Å². The molecule has 0 bridgehead atoms. The van der Waals surface area contributed by atoms with Crippen LogP contribution >= 0.6 is 11.6 Å². The zero-order chi connectivity index (χ0) is 11.9. The fourth-order valence-corrected chi connectivity index (χ4v) is 2.46. The van der Waals surface area contributed by atoms with Crippen LogP contribution in [0.5, 0.6) is 0 Å². The zero-order valence-electron chi connectivity index (χ0n) is 10.00. The summed E-state index contributed by atoms with van der Waals surface area (Å²) in [5.74, 6) is 0. The van der Waals surface area contributed by atoms with Gasteiger partial charge in [0.2, 0.25) is 0 Å². The number of likely N-dealkylation sites (tertiary alicyclic amines) is 1. The van der Waals surface area contributed by atoms with Gasteiger partial charge in [0.25, 0.3) is 0 Å². The number of hydrogen-bond acceptors (Lipinski definition) is 3. The Bertz CT molecular complexity index is 392. The number of aryl methyl sites for hydroxylation is 2. The summed E-state index contributed by atoms with van der Waals surface area (Å²) in [6, 6.07) is 0. The minimum Gasteiger partial charge on any atom is -0.388 e. The van der Waals surface area contributed by atoms with Gasteiger partial charge in [-0.15, -0.1) is 0 Å². The van der Waals surface area contributed by atoms with Crippen LogP contribution < -0.4 is 0 Å². The Morgan fingerprint density at radius 2 is 2.12 bits per heavy atom. The molecular weight excluding hydrogens is 226 g/mol. The standard InChI is InChI=1S/C11H18ClN3O/c1-4-15-9(10(12)8(2)13-15)5-14-6-11(3,16)7-14/h16H,4-7H2,1-3H3. The SMILES string of the molecule is CCn1nc(C)c(Cl)c1CN1CC(C)(O)C1. The van der Waals surface area contributed by atoms with Gasteiger partial charge in [-0.3, -0.25) is 9.58 Å². The molecule has 16 heavy (non-hydrogen) atoms. The number of aromatic nitrogens is 2. The first-order chi connectivity index (χ1) is 7.43. The Morgan fingerprint density at radius 1 is 1.50 bits per heavy atom. The van der Waals surface area contributed by atoms with E-state index in [1.54, 1.807) is 0 Å². The van der Waals surface area contributed by atoms with E-state index in [0.717, 1.165) is 29.5 Å². The van der Waals surface area contributed by atoms with E-state index in [1.807, 2.05) is 18.5 Å². The van der Waals surface area contributed by atoms with Crippen molar-refractivity contribution in [2.45, 2.75) is 39.5 Å². The van der Waals surface area contributed by atoms with Crippen molar-refractivity contribution in [1.29, 1.82) is 0 Å². The van der Waals surface area contributed by atoms with E-state index in [4.69, 9.17) is 11.6 Å². The molecular formula is C11H18ClN3O. The molecule has 1 fully saturated rings. The van der Waals surface area contributed by atoms with Gasteiger partial charge in [-0.25, -0.2) is 0 Å². The van der Waals surface area contributed by atoms with E-state index in [0.29, 0.717) is 13.1 Å². The van der Waals surface area contributed by atoms with Crippen molar-refractivity contribution >= 4 is 11.6 Å². The lowest BCUT2D eigenvalue weighted by atomic mass is 9.97. The zero-order valence-corrected chi connectivity index (χ0v) is 10.8. The molecule has 1 aromatic heterocycles. The molecule has 1 aromatic rings. The highest BCUT2D eigenvalue weighted by Crippen LogP contribution is 2.26. The monoisotopic (exact) mass is 243 g/mol. The number of halogens is 1. The summed E-state index contributed by atoms with van der Waals surface area (Å²) in [6.07, 6.45) is 0. The van der Waals surface area contributed by atoms with E-state index in [-0.39, 0.29) is 0 Å². The van der Waals surface area contributed by atoms with Gasteiger partial charge in [0, 0.05) is 26.2 Å². The highest BCUT2D eigenvalue weighted by Gasteiger charge is 2.37. The molecule has 0 saturated carbocycles. The summed E-state index contributed by atoms with van der Waals surface area (Å²) in [5.41, 5.74) is 1.40. The maximum atomic E-state index is 9.67. The minimum absolute atomic E-state index is 0.529. The van der Waals surface area contributed by atoms with E-state index in [1.165, 1.54) is 0 Å². The minimum atomic E-state index is -0.529. The van der Waals surface area contributed by atoms with Crippen molar-refractivity contribution in [2.75, 3.05) is 13.1 Å². The summed E-state index contributed by atoms with van der Waals surface area (Å²) >= 11 is 6.22. The maximum Gasteiger partial charge on any atom is 0.0872 e. The summed E-state index contributed by atoms with van der Waals surface area (Å²) < 4.78 is 1.94. The summed E-state index contributed by atoms with van der Waals surface area (Å²) in [7, 11) is 0. The van der Waals surface area contributed by atoms with Gasteiger partial charge < -0.3 is 5.11 Å². The third-order valence-corrected chi connectivity index (χ3v) is 3.45. The molecule has 1 N–H and O–H groups in total. The lowest BCUT2D eigenvalue weighted by Gasteiger charge is -2.44. The molecule has 0 aromatic carbocycles. The van der Waals surface area contributed by atoms with E-state index in [2.05, 4.69) is 16.9 Å². The van der Waals surface area contributed by atoms with Crippen LogP contribution in [0, 0.1) is 6.92 Å². The molecule has 1 aliphatic rings. The molecule has 0 aliphatic carbocycles. The van der Waals surface area contributed by atoms with Gasteiger partial charge in [-0.1, -0.05) is 11.6 Å². The topological polar surface area (TPSA) is 41.3 Å². The van der Waals surface area contributed by atoms with Crippen LogP contribution in [0.2, 0.25) is 5.02 Å². The van der Waals surface area contributed by atoms with Crippen LogP contribution in [0.15, 0.2) is 0 Å². The van der Waals surface area contributed by atoms with E-state index in [9.17, 15) is 5.11 Å². The quantitative estimate of drug-likeness (QED) is 0.873. The smallest absolute Gasteiger partial charge is 0.0872 e. The van der Waals surface area contributed by atoms with E-state index >= 15 is 0 Å². The molecule has 0 spiro atoms. The predicted molar refractivity (Wildman–Crippen MR) is 63.5 cm³/mol. The van der Waals surface area contributed by atoms with E-state index < -0.39 is 5.60 Å². The van der Waals surface area contributed by atoms with Crippen molar-refractivity contribution in [3.63, 3.8) is 0 Å². The summed E-state index contributed by atoms with van der Waals surface area (Å²) in [6.45, 7) is 8.83. The van der Waals surface area contributed by atoms with Crippen LogP contribution in [0.3, 0.4) is 0 Å². The third kappa shape index (κ3) is 2.10. The van der Waals surface area contributed by atoms with Crippen LogP contribution in [0.1, 0.15) is 25.2 Å². The Kier molecular flexibility index (Phi) is 2.99. The first kappa shape index (κ1) is 11.9. The Balaban J connectivity index is 2.10. The molecule has 0 radical (unpaired) electrons. The molecule has 2 heterocycles. The van der Waals surface area contributed by atoms with Gasteiger partial charge in [-0.05, 0) is 20.8 Å². The van der Waals surface area contributed by atoms with Crippen molar-refractivity contribution in [1.82, 2.24) is 14.7 Å². The third-order valence-electron chi connectivity index (χ3n) is 2.95. The lowest BCUT2D eigenvalue weighted by Crippen LogP contribution is -2.59. The fraction of sp³-hybridized carbons (Fsp3) is 0.727. The molecule has 1 saturated heterocycles. The van der Waals surface area contributed by atoms with Crippen molar-refractivity contribution in [3.8, 4) is 0 Å². The van der Waals surface area contributed by atoms with Gasteiger partial charge in [0.15, 0.2) is 0 Å². The second-order valence-corrected chi connectivity index (χ2v) is 5.18. The van der Waals surface area contributed by atoms with Crippen molar-refractivity contribution in [2.24, 2.45) is 0 Å². The predicted octanol–water partition coefficient (Wildman–Crippen LogP) is 1.43. The number of aliphatic hydroxyl groups is 1. The number of nitrogens with zero attached hydrogens (tertiary/aromatic N) is 3. The average Bonchev–Trinajstić information content (AvgIpc) is 2.42. The van der Waals surface area contributed by atoms with Gasteiger partial charge in [0.05, 0.1) is 22.0 Å². The van der Waals surface area contributed by atoms with Crippen LogP contribution in [0.25, 0.3) is 0 Å². The number of β-amino-alcohol motifs (C(OH)–C–C–N with tert-alkyl or cyclic N) is 1. The summed E-state index contributed by atoms with van der Waals surface area (Å²) in [5, 5.41) is 14.8. The molecule has 2 rings (SSSR count). The highest BCUT2D eigenvalue weighted by molar-refractivity contribution is 6.31. The second-order valence-electron chi connectivity index (χ2n) is 4.80. The number of rotatable bonds is 3. The molecule has 0 unspecified atom stereocenters. The molecule has 0 amide bonds. The first-order valence-corrected chi connectivity index (χ1v) is 5.97. The van der Waals surface area contributed by atoms with Crippen molar-refractivity contribution in [3.05, 3.63) is 16.4 Å². The van der Waals surface area contributed by atoms with Crippen LogP contribution in [-0.4, -0.2) is 38.5 Å². The molecule has 90 valence electrons. The molecule has 0 atom stereocenters. The number of hydrogen-bond donors (Lipinski definition) is 1. The summed E-state index contributed by atoms with van der Waals surface area (Å²) in [4.78, 5) is 2.18. The molecule has 1 aliphatic heterocycles. The second kappa shape index (κ2) is 4.02. The largest absolute Gasteiger partial charge is 0.388 e.